The topological polar surface area (TPSA) is 55.0 Å². The second kappa shape index (κ2) is 12.6. The van der Waals surface area contributed by atoms with E-state index in [-0.39, 0.29) is 18.1 Å². The Kier molecular flexibility index (Phi) is 9.39. The third-order valence-corrected chi connectivity index (χ3v) is 8.43. The number of benzene rings is 1. The maximum absolute atomic E-state index is 12.3. The Morgan fingerprint density at radius 2 is 1.79 bits per heavy atom. The third kappa shape index (κ3) is 6.49. The average Bonchev–Trinajstić information content (AvgIpc) is 2.91. The monoisotopic (exact) mass is 530 g/mol. The van der Waals surface area contributed by atoms with Gasteiger partial charge in [0.05, 0.1) is 12.2 Å². The lowest BCUT2D eigenvalue weighted by Gasteiger charge is -2.42. The maximum Gasteiger partial charge on any atom is 0.253 e. The van der Waals surface area contributed by atoms with E-state index in [1.165, 1.54) is 27.8 Å². The average molecular weight is 531 g/mol. The van der Waals surface area contributed by atoms with Gasteiger partial charge in [0.2, 0.25) is 0 Å². The van der Waals surface area contributed by atoms with Crippen molar-refractivity contribution >= 4 is 12.0 Å². The number of carbonyl (C=O) groups excluding carboxylic acids is 1. The van der Waals surface area contributed by atoms with Crippen molar-refractivity contribution in [2.75, 3.05) is 54.9 Å². The van der Waals surface area contributed by atoms with Crippen LogP contribution in [-0.4, -0.2) is 91.7 Å². The van der Waals surface area contributed by atoms with Crippen LogP contribution in [0.3, 0.4) is 0 Å². The van der Waals surface area contributed by atoms with E-state index >= 15 is 0 Å². The molecule has 7 nitrogen and oxygen atoms in total. The van der Waals surface area contributed by atoms with Crippen LogP contribution in [0.2, 0.25) is 0 Å². The van der Waals surface area contributed by atoms with Crippen LogP contribution in [0, 0.1) is 13.8 Å². The Hall–Kier alpha value is -2.84. The number of piperidine rings is 1. The van der Waals surface area contributed by atoms with E-state index in [0.29, 0.717) is 5.92 Å². The summed E-state index contributed by atoms with van der Waals surface area (Å²) >= 11 is 0. The van der Waals surface area contributed by atoms with E-state index in [2.05, 4.69) is 96.5 Å². The molecular formula is C32H46N6O. The van der Waals surface area contributed by atoms with Crippen molar-refractivity contribution in [1.29, 1.82) is 0 Å². The largest absolute Gasteiger partial charge is 0.345 e. The molecule has 0 saturated carbocycles. The predicted octanol–water partition coefficient (Wildman–Crippen LogP) is 4.62. The van der Waals surface area contributed by atoms with Gasteiger partial charge in [0.15, 0.2) is 0 Å². The molecule has 2 unspecified atom stereocenters. The Morgan fingerprint density at radius 3 is 2.44 bits per heavy atom. The first-order chi connectivity index (χ1) is 18.6. The number of hydrogen-bond donors (Lipinski definition) is 1. The summed E-state index contributed by atoms with van der Waals surface area (Å²) < 4.78 is 0. The van der Waals surface area contributed by atoms with Gasteiger partial charge >= 0.3 is 0 Å². The standard InChI is InChI=1S/C32H46N6O/c1-22(19-29-24(3)34-16-13-28(29)30-11-12-31(33-4)37(8)36(30)7)21-38-17-14-25(15-18-38)27-10-9-26(20-23(27)2)32(39)35(5)6/h9-13,16,19-20,25,30-31,33H,14-15,17-18,21H2,1-8H3/b22-19+. The molecule has 7 heteroatoms. The molecule has 1 saturated heterocycles. The predicted molar refractivity (Wildman–Crippen MR) is 160 cm³/mol. The molecule has 2 aliphatic rings. The van der Waals surface area contributed by atoms with Crippen LogP contribution in [0.5, 0.6) is 0 Å². The Balaban J connectivity index is 1.43. The number of amides is 1. The van der Waals surface area contributed by atoms with Crippen LogP contribution in [0.4, 0.5) is 0 Å². The van der Waals surface area contributed by atoms with Gasteiger partial charge in [-0.2, -0.15) is 0 Å². The van der Waals surface area contributed by atoms with Crippen molar-refractivity contribution in [2.24, 2.45) is 0 Å². The molecule has 1 aromatic carbocycles. The van der Waals surface area contributed by atoms with E-state index in [4.69, 9.17) is 0 Å². The van der Waals surface area contributed by atoms with Crippen molar-refractivity contribution in [3.05, 3.63) is 81.7 Å². The zero-order chi connectivity index (χ0) is 28.3. The molecule has 0 bridgehead atoms. The number of likely N-dealkylation sites (N-methyl/N-ethyl adjacent to an activating group) is 3. The van der Waals surface area contributed by atoms with Gasteiger partial charge in [-0.3, -0.25) is 14.7 Å². The summed E-state index contributed by atoms with van der Waals surface area (Å²) in [5.41, 5.74) is 8.33. The zero-order valence-electron chi connectivity index (χ0n) is 25.0. The van der Waals surface area contributed by atoms with Crippen LogP contribution in [0.1, 0.15) is 70.0 Å². The minimum atomic E-state index is 0.0640. The second-order valence-corrected chi connectivity index (χ2v) is 11.4. The summed E-state index contributed by atoms with van der Waals surface area (Å²) in [4.78, 5) is 21.2. The molecule has 0 radical (unpaired) electrons. The van der Waals surface area contributed by atoms with E-state index in [1.54, 1.807) is 19.0 Å². The summed E-state index contributed by atoms with van der Waals surface area (Å²) in [5.74, 6) is 0.613. The molecule has 1 N–H and O–H groups in total. The molecular weight excluding hydrogens is 484 g/mol. The molecule has 2 atom stereocenters. The number of rotatable bonds is 7. The number of aryl methyl sites for hydroxylation is 2. The van der Waals surface area contributed by atoms with Crippen LogP contribution in [-0.2, 0) is 0 Å². The summed E-state index contributed by atoms with van der Waals surface area (Å²) in [6.07, 6.45) is 11.3. The highest BCUT2D eigenvalue weighted by molar-refractivity contribution is 5.94. The van der Waals surface area contributed by atoms with Gasteiger partial charge in [-0.1, -0.05) is 29.9 Å². The van der Waals surface area contributed by atoms with E-state index in [9.17, 15) is 4.79 Å². The van der Waals surface area contributed by atoms with Crippen molar-refractivity contribution in [3.63, 3.8) is 0 Å². The van der Waals surface area contributed by atoms with Gasteiger partial charge in [0, 0.05) is 57.8 Å². The van der Waals surface area contributed by atoms with E-state index in [1.807, 2.05) is 19.3 Å². The normalized spacial score (nSPS) is 21.9. The number of likely N-dealkylation sites (tertiary alicyclic amines) is 1. The number of nitrogens with one attached hydrogen (secondary N) is 1. The third-order valence-electron chi connectivity index (χ3n) is 8.43. The first kappa shape index (κ1) is 29.2. The number of hydrogen-bond acceptors (Lipinski definition) is 6. The lowest BCUT2D eigenvalue weighted by Crippen LogP contribution is -2.52. The first-order valence-electron chi connectivity index (χ1n) is 14.1. The fourth-order valence-electron chi connectivity index (χ4n) is 6.06. The minimum absolute atomic E-state index is 0.0640. The van der Waals surface area contributed by atoms with Gasteiger partial charge in [-0.05, 0) is 94.6 Å². The highest BCUT2D eigenvalue weighted by atomic mass is 16.2. The van der Waals surface area contributed by atoms with Crippen molar-refractivity contribution in [2.45, 2.75) is 51.7 Å². The van der Waals surface area contributed by atoms with Gasteiger partial charge in [-0.15, -0.1) is 0 Å². The summed E-state index contributed by atoms with van der Waals surface area (Å²) in [6, 6.07) is 8.56. The van der Waals surface area contributed by atoms with Crippen molar-refractivity contribution in [3.8, 4) is 0 Å². The SMILES string of the molecule is CNC1C=CC(c2ccnc(C)c2/C=C(\C)CN2CCC(c3ccc(C(=O)N(C)C)cc3C)CC2)N(C)N1C. The molecule has 3 heterocycles. The summed E-state index contributed by atoms with van der Waals surface area (Å²) in [5, 5.41) is 7.87. The van der Waals surface area contributed by atoms with Crippen LogP contribution >= 0.6 is 0 Å². The molecule has 210 valence electrons. The molecule has 1 amide bonds. The summed E-state index contributed by atoms with van der Waals surface area (Å²) in [6.45, 7) is 9.63. The zero-order valence-corrected chi connectivity index (χ0v) is 25.0. The fraction of sp³-hybridized carbons (Fsp3) is 0.500. The molecule has 2 aromatic rings. The van der Waals surface area contributed by atoms with E-state index < -0.39 is 0 Å². The first-order valence-corrected chi connectivity index (χ1v) is 14.1. The van der Waals surface area contributed by atoms with Crippen LogP contribution in [0.15, 0.2) is 48.2 Å². The Bertz CT molecular complexity index is 1230. The molecule has 0 aliphatic carbocycles. The van der Waals surface area contributed by atoms with Crippen molar-refractivity contribution in [1.82, 2.24) is 30.1 Å². The maximum atomic E-state index is 12.3. The number of aromatic nitrogens is 1. The molecule has 1 fully saturated rings. The summed E-state index contributed by atoms with van der Waals surface area (Å²) in [7, 11) is 9.86. The fourth-order valence-corrected chi connectivity index (χ4v) is 6.06. The highest BCUT2D eigenvalue weighted by Gasteiger charge is 2.28. The van der Waals surface area contributed by atoms with E-state index in [0.717, 1.165) is 43.7 Å². The lowest BCUT2D eigenvalue weighted by molar-refractivity contribution is -0.0397. The minimum Gasteiger partial charge on any atom is -0.345 e. The Labute approximate surface area is 235 Å². The molecule has 4 rings (SSSR count). The molecule has 1 aromatic heterocycles. The highest BCUT2D eigenvalue weighted by Crippen LogP contribution is 2.33. The smallest absolute Gasteiger partial charge is 0.253 e. The Morgan fingerprint density at radius 1 is 1.08 bits per heavy atom. The number of nitrogens with zero attached hydrogens (tertiary/aromatic N) is 5. The quantitative estimate of drug-likeness (QED) is 0.528. The molecule has 2 aliphatic heterocycles. The van der Waals surface area contributed by atoms with Gasteiger partial charge < -0.3 is 10.2 Å². The molecule has 0 spiro atoms. The lowest BCUT2D eigenvalue weighted by atomic mass is 9.86. The van der Waals surface area contributed by atoms with Crippen molar-refractivity contribution < 1.29 is 4.79 Å². The number of carbonyl (C=O) groups is 1. The van der Waals surface area contributed by atoms with Crippen LogP contribution < -0.4 is 5.32 Å². The van der Waals surface area contributed by atoms with Gasteiger partial charge in [0.1, 0.15) is 0 Å². The number of hydrazine groups is 1. The second-order valence-electron chi connectivity index (χ2n) is 11.4. The van der Waals surface area contributed by atoms with Crippen LogP contribution in [0.25, 0.3) is 6.08 Å². The van der Waals surface area contributed by atoms with Gasteiger partial charge in [0.25, 0.3) is 5.91 Å². The number of pyridine rings is 1. The van der Waals surface area contributed by atoms with Gasteiger partial charge in [-0.25, -0.2) is 10.0 Å². The molecule has 39 heavy (non-hydrogen) atoms.